The van der Waals surface area contributed by atoms with Crippen LogP contribution in [0.15, 0.2) is 47.2 Å². The number of carbonyl (C=O) groups excluding carboxylic acids is 2. The first-order valence-corrected chi connectivity index (χ1v) is 14.6. The SMILES string of the molecule is CC1(C)O[C@@H]2CC3C4CCC5=CC(=O)C=CC5(C)C4[C@@H](O)CC3(C)[C@]2(C(=O)CSc2ccc(C(=O)O)cn2)O1. The summed E-state index contributed by atoms with van der Waals surface area (Å²) in [5.41, 5.74) is -1.06. The van der Waals surface area contributed by atoms with Gasteiger partial charge in [-0.15, -0.1) is 0 Å². The molecule has 8 nitrogen and oxygen atoms in total. The fraction of sp³-hybridized carbons (Fsp3) is 0.600. The summed E-state index contributed by atoms with van der Waals surface area (Å²) in [6.45, 7) is 7.90. The Kier molecular flexibility index (Phi) is 6.09. The number of hydrogen-bond donors (Lipinski definition) is 2. The summed E-state index contributed by atoms with van der Waals surface area (Å²) >= 11 is 1.26. The summed E-state index contributed by atoms with van der Waals surface area (Å²) in [6, 6.07) is 3.09. The van der Waals surface area contributed by atoms with Crippen LogP contribution in [-0.4, -0.2) is 62.1 Å². The summed E-state index contributed by atoms with van der Waals surface area (Å²) in [5, 5.41) is 21.5. The molecule has 0 aromatic carbocycles. The molecule has 2 heterocycles. The molecular weight excluding hydrogens is 518 g/mol. The Morgan fingerprint density at radius 3 is 2.67 bits per heavy atom. The summed E-state index contributed by atoms with van der Waals surface area (Å²) in [6.07, 6.45) is 8.26. The van der Waals surface area contributed by atoms with Crippen LogP contribution in [0.5, 0.6) is 0 Å². The molecule has 1 aliphatic heterocycles. The van der Waals surface area contributed by atoms with E-state index in [0.717, 1.165) is 18.4 Å². The Labute approximate surface area is 232 Å². The molecule has 1 saturated heterocycles. The molecule has 1 aromatic heterocycles. The molecule has 0 spiro atoms. The van der Waals surface area contributed by atoms with Crippen molar-refractivity contribution in [3.05, 3.63) is 47.7 Å². The van der Waals surface area contributed by atoms with E-state index in [1.807, 2.05) is 19.9 Å². The first-order valence-electron chi connectivity index (χ1n) is 13.7. The second kappa shape index (κ2) is 8.83. The van der Waals surface area contributed by atoms with Crippen molar-refractivity contribution >= 4 is 29.3 Å². The van der Waals surface area contributed by atoms with Crippen molar-refractivity contribution in [3.8, 4) is 0 Å². The number of nitrogens with zero attached hydrogens (tertiary/aromatic N) is 1. The van der Waals surface area contributed by atoms with Crippen molar-refractivity contribution in [1.82, 2.24) is 4.98 Å². The average Bonchev–Trinajstić information content (AvgIpc) is 3.28. The molecule has 0 bridgehead atoms. The predicted octanol–water partition coefficient (Wildman–Crippen LogP) is 4.22. The number of thioether (sulfide) groups is 1. The number of carbonyl (C=O) groups is 3. The lowest BCUT2D eigenvalue weighted by Gasteiger charge is -2.60. The lowest BCUT2D eigenvalue weighted by molar-refractivity contribution is -0.223. The second-order valence-corrected chi connectivity index (χ2v) is 13.7. The minimum Gasteiger partial charge on any atom is -0.478 e. The monoisotopic (exact) mass is 553 g/mol. The number of aromatic carboxylic acids is 1. The van der Waals surface area contributed by atoms with Crippen molar-refractivity contribution in [1.29, 1.82) is 0 Å². The number of carboxylic acid groups (broad SMARTS) is 1. The average molecular weight is 554 g/mol. The number of carboxylic acids is 1. The third-order valence-corrected chi connectivity index (χ3v) is 11.2. The van der Waals surface area contributed by atoms with Crippen molar-refractivity contribution in [2.75, 3.05) is 5.75 Å². The van der Waals surface area contributed by atoms with Gasteiger partial charge in [0.1, 0.15) is 0 Å². The van der Waals surface area contributed by atoms with Crippen LogP contribution < -0.4 is 0 Å². The molecule has 4 fully saturated rings. The quantitative estimate of drug-likeness (QED) is 0.516. The van der Waals surface area contributed by atoms with E-state index in [9.17, 15) is 19.5 Å². The minimum absolute atomic E-state index is 0.00429. The maximum Gasteiger partial charge on any atom is 0.337 e. The molecule has 1 aromatic rings. The fourth-order valence-corrected chi connectivity index (χ4v) is 9.55. The molecule has 9 heteroatoms. The number of aliphatic hydroxyl groups is 1. The third-order valence-electron chi connectivity index (χ3n) is 10.2. The van der Waals surface area contributed by atoms with Gasteiger partial charge in [0.25, 0.3) is 0 Å². The van der Waals surface area contributed by atoms with Gasteiger partial charge >= 0.3 is 5.97 Å². The first-order chi connectivity index (χ1) is 18.3. The van der Waals surface area contributed by atoms with Crippen LogP contribution in [-0.2, 0) is 19.1 Å². The zero-order chi connectivity index (χ0) is 28.0. The molecule has 39 heavy (non-hydrogen) atoms. The molecule has 5 aliphatic rings. The first kappa shape index (κ1) is 26.9. The van der Waals surface area contributed by atoms with E-state index >= 15 is 0 Å². The fourth-order valence-electron chi connectivity index (χ4n) is 8.76. The highest BCUT2D eigenvalue weighted by Crippen LogP contribution is 2.70. The number of fused-ring (bicyclic) bond motifs is 7. The van der Waals surface area contributed by atoms with Crippen LogP contribution in [0.2, 0.25) is 0 Å². The van der Waals surface area contributed by atoms with Crippen molar-refractivity contribution in [2.45, 2.75) is 82.0 Å². The zero-order valence-electron chi connectivity index (χ0n) is 22.7. The standard InChI is InChI=1S/C30H35NO7S/c1-27(2)37-23-12-20-19-7-6-17-11-18(32)9-10-28(17,3)25(19)21(33)13-29(20,4)30(23,38-27)22(34)15-39-24-8-5-16(14-31-24)26(35)36/h5,8-11,14,19-21,23,25,33H,6-7,12-13,15H2,1-4H3,(H,35,36)/t19?,20?,21-,23+,25?,28?,29?,30+/m0/s1. The van der Waals surface area contributed by atoms with E-state index in [1.54, 1.807) is 18.2 Å². The molecule has 8 atom stereocenters. The maximum absolute atomic E-state index is 14.3. The van der Waals surface area contributed by atoms with E-state index in [1.165, 1.54) is 24.0 Å². The lowest BCUT2D eigenvalue weighted by Crippen LogP contribution is -2.63. The Hall–Kier alpha value is -2.33. The summed E-state index contributed by atoms with van der Waals surface area (Å²) in [7, 11) is 0. The molecule has 2 N–H and O–H groups in total. The van der Waals surface area contributed by atoms with E-state index in [2.05, 4.69) is 18.8 Å². The van der Waals surface area contributed by atoms with Gasteiger partial charge in [-0.25, -0.2) is 9.78 Å². The zero-order valence-corrected chi connectivity index (χ0v) is 23.5. The summed E-state index contributed by atoms with van der Waals surface area (Å²) in [4.78, 5) is 41.8. The largest absolute Gasteiger partial charge is 0.478 e. The molecule has 0 radical (unpaired) electrons. The molecule has 4 aliphatic carbocycles. The number of aliphatic hydroxyl groups excluding tert-OH is 1. The van der Waals surface area contributed by atoms with Crippen LogP contribution in [0.1, 0.15) is 63.7 Å². The van der Waals surface area contributed by atoms with Gasteiger partial charge in [-0.3, -0.25) is 9.59 Å². The van der Waals surface area contributed by atoms with Crippen molar-refractivity contribution in [3.63, 3.8) is 0 Å². The van der Waals surface area contributed by atoms with Gasteiger partial charge in [-0.05, 0) is 75.7 Å². The lowest BCUT2D eigenvalue weighted by atomic mass is 9.46. The van der Waals surface area contributed by atoms with Gasteiger partial charge in [-0.2, -0.15) is 0 Å². The number of aromatic nitrogens is 1. The third kappa shape index (κ3) is 3.84. The Morgan fingerprint density at radius 1 is 1.21 bits per heavy atom. The van der Waals surface area contributed by atoms with E-state index < -0.39 is 40.4 Å². The highest BCUT2D eigenvalue weighted by atomic mass is 32.2. The van der Waals surface area contributed by atoms with Gasteiger partial charge in [-0.1, -0.05) is 37.3 Å². The number of pyridine rings is 1. The number of ketones is 2. The summed E-state index contributed by atoms with van der Waals surface area (Å²) < 4.78 is 13.1. The van der Waals surface area contributed by atoms with Crippen LogP contribution in [0.25, 0.3) is 0 Å². The molecule has 5 unspecified atom stereocenters. The van der Waals surface area contributed by atoms with Crippen LogP contribution in [0.3, 0.4) is 0 Å². The number of allylic oxidation sites excluding steroid dienone is 4. The number of Topliss-reactive ketones (excluding diaryl/α,β-unsaturated/α-hetero) is 1. The number of hydrogen-bond acceptors (Lipinski definition) is 8. The molecule has 3 saturated carbocycles. The van der Waals surface area contributed by atoms with Crippen LogP contribution in [0, 0.1) is 28.6 Å². The Morgan fingerprint density at radius 2 is 1.97 bits per heavy atom. The Bertz CT molecular complexity index is 1300. The van der Waals surface area contributed by atoms with Crippen molar-refractivity contribution < 1.29 is 34.1 Å². The van der Waals surface area contributed by atoms with Gasteiger partial charge in [0.15, 0.2) is 23.0 Å². The highest BCUT2D eigenvalue weighted by molar-refractivity contribution is 7.99. The molecule has 208 valence electrons. The van der Waals surface area contributed by atoms with Crippen LogP contribution in [0.4, 0.5) is 0 Å². The highest BCUT2D eigenvalue weighted by Gasteiger charge is 2.76. The second-order valence-electron chi connectivity index (χ2n) is 12.7. The normalized spacial score (nSPS) is 41.7. The molecule has 0 amide bonds. The minimum atomic E-state index is -1.21. The van der Waals surface area contributed by atoms with E-state index in [-0.39, 0.29) is 40.6 Å². The van der Waals surface area contributed by atoms with Gasteiger partial charge in [0, 0.05) is 22.9 Å². The predicted molar refractivity (Wildman–Crippen MR) is 143 cm³/mol. The van der Waals surface area contributed by atoms with E-state index in [0.29, 0.717) is 17.9 Å². The number of rotatable bonds is 5. The van der Waals surface area contributed by atoms with Crippen LogP contribution >= 0.6 is 11.8 Å². The number of ether oxygens (including phenoxy) is 2. The Balaban J connectivity index is 1.32. The van der Waals surface area contributed by atoms with Gasteiger partial charge in [0.05, 0.1) is 28.6 Å². The maximum atomic E-state index is 14.3. The molecule has 6 rings (SSSR count). The molecular formula is C30H35NO7S. The van der Waals surface area contributed by atoms with Gasteiger partial charge in [0.2, 0.25) is 0 Å². The van der Waals surface area contributed by atoms with Crippen molar-refractivity contribution in [2.24, 2.45) is 28.6 Å². The topological polar surface area (TPSA) is 123 Å². The summed E-state index contributed by atoms with van der Waals surface area (Å²) in [5.74, 6) is -1.77. The van der Waals surface area contributed by atoms with E-state index in [4.69, 9.17) is 14.6 Å². The van der Waals surface area contributed by atoms with Gasteiger partial charge < -0.3 is 19.7 Å². The smallest absolute Gasteiger partial charge is 0.337 e.